The van der Waals surface area contributed by atoms with Gasteiger partial charge in [0.1, 0.15) is 23.4 Å². The summed E-state index contributed by atoms with van der Waals surface area (Å²) in [5.74, 6) is 0.499. The van der Waals surface area contributed by atoms with Crippen LogP contribution in [0.25, 0.3) is 0 Å². The van der Waals surface area contributed by atoms with Gasteiger partial charge in [0.2, 0.25) is 0 Å². The molecule has 7 heteroatoms. The van der Waals surface area contributed by atoms with Gasteiger partial charge >= 0.3 is 0 Å². The van der Waals surface area contributed by atoms with Crippen LogP contribution in [-0.4, -0.2) is 28.8 Å². The number of nitrogens with zero attached hydrogens (tertiary/aromatic N) is 2. The topological polar surface area (TPSA) is 69.3 Å². The average Bonchev–Trinajstić information content (AvgIpc) is 3.25. The third kappa shape index (κ3) is 4.30. The number of rotatable bonds is 7. The molecule has 26 heavy (non-hydrogen) atoms. The van der Waals surface area contributed by atoms with Crippen LogP contribution in [-0.2, 0) is 4.79 Å². The summed E-state index contributed by atoms with van der Waals surface area (Å²) < 4.78 is 25.6. The van der Waals surface area contributed by atoms with Gasteiger partial charge in [0.05, 0.1) is 12.0 Å². The van der Waals surface area contributed by atoms with E-state index in [-0.39, 0.29) is 24.4 Å². The molecule has 2 heterocycles. The van der Waals surface area contributed by atoms with E-state index in [0.29, 0.717) is 18.1 Å². The molecule has 0 aliphatic rings. The highest BCUT2D eigenvalue weighted by atomic mass is 19.1. The highest BCUT2D eigenvalue weighted by Gasteiger charge is 2.20. The van der Waals surface area contributed by atoms with E-state index in [1.54, 1.807) is 12.3 Å². The summed E-state index contributed by atoms with van der Waals surface area (Å²) in [6, 6.07) is 10.9. The van der Waals surface area contributed by atoms with Crippen LogP contribution in [0.5, 0.6) is 5.75 Å². The van der Waals surface area contributed by atoms with E-state index >= 15 is 0 Å². The van der Waals surface area contributed by atoms with Crippen LogP contribution >= 0.6 is 0 Å². The lowest BCUT2D eigenvalue weighted by Gasteiger charge is -2.18. The smallest absolute Gasteiger partial charge is 0.258 e. The van der Waals surface area contributed by atoms with Crippen molar-refractivity contribution in [1.82, 2.24) is 15.1 Å². The van der Waals surface area contributed by atoms with Crippen LogP contribution in [0.4, 0.5) is 4.39 Å². The molecule has 0 saturated carbocycles. The van der Waals surface area contributed by atoms with E-state index < -0.39 is 0 Å². The normalized spacial score (nSPS) is 12.0. The number of halogens is 1. The first-order chi connectivity index (χ1) is 12.5. The number of benzene rings is 1. The van der Waals surface area contributed by atoms with Crippen LogP contribution in [0.1, 0.15) is 23.2 Å². The van der Waals surface area contributed by atoms with Crippen LogP contribution in [0.15, 0.2) is 53.1 Å². The summed E-state index contributed by atoms with van der Waals surface area (Å²) in [6.07, 6.45) is 1.59. The Morgan fingerprint density at radius 1 is 1.31 bits per heavy atom. The molecule has 0 bridgehead atoms. The van der Waals surface area contributed by atoms with Crippen molar-refractivity contribution in [3.63, 3.8) is 0 Å². The number of amides is 1. The molecular formula is C19H20FN3O3. The monoisotopic (exact) mass is 357 g/mol. The Morgan fingerprint density at radius 2 is 2.08 bits per heavy atom. The zero-order valence-electron chi connectivity index (χ0n) is 14.6. The lowest BCUT2D eigenvalue weighted by Crippen LogP contribution is -2.35. The predicted octanol–water partition coefficient (Wildman–Crippen LogP) is 3.02. The van der Waals surface area contributed by atoms with E-state index in [1.165, 1.54) is 24.3 Å². The van der Waals surface area contributed by atoms with Gasteiger partial charge < -0.3 is 14.5 Å². The Balaban J connectivity index is 1.61. The number of furan rings is 1. The quantitative estimate of drug-likeness (QED) is 0.706. The van der Waals surface area contributed by atoms with E-state index in [2.05, 4.69) is 10.4 Å². The van der Waals surface area contributed by atoms with Gasteiger partial charge in [-0.2, -0.15) is 5.10 Å². The number of carbonyl (C=O) groups is 1. The summed E-state index contributed by atoms with van der Waals surface area (Å²) >= 11 is 0. The Morgan fingerprint density at radius 3 is 2.69 bits per heavy atom. The first-order valence-electron chi connectivity index (χ1n) is 8.24. The van der Waals surface area contributed by atoms with Gasteiger partial charge in [0.15, 0.2) is 6.61 Å². The number of aryl methyl sites for hydroxylation is 2. The molecule has 3 aromatic rings. The molecule has 2 aromatic heterocycles. The Labute approximate surface area is 150 Å². The highest BCUT2D eigenvalue weighted by molar-refractivity contribution is 5.77. The minimum Gasteiger partial charge on any atom is -0.484 e. The van der Waals surface area contributed by atoms with Gasteiger partial charge in [-0.05, 0) is 56.3 Å². The summed E-state index contributed by atoms with van der Waals surface area (Å²) in [5, 5.41) is 7.31. The molecule has 1 N–H and O–H groups in total. The van der Waals surface area contributed by atoms with Crippen LogP contribution in [0.2, 0.25) is 0 Å². The first kappa shape index (κ1) is 17.7. The van der Waals surface area contributed by atoms with E-state index in [9.17, 15) is 9.18 Å². The summed E-state index contributed by atoms with van der Waals surface area (Å²) in [7, 11) is 0. The average molecular weight is 357 g/mol. The molecule has 1 unspecified atom stereocenters. The van der Waals surface area contributed by atoms with Gasteiger partial charge in [0, 0.05) is 12.2 Å². The number of aromatic nitrogens is 2. The second-order valence-corrected chi connectivity index (χ2v) is 5.95. The maximum atomic E-state index is 12.9. The summed E-state index contributed by atoms with van der Waals surface area (Å²) in [5.41, 5.74) is 1.87. The number of carbonyl (C=O) groups excluding carboxylic acids is 1. The molecule has 136 valence electrons. The second kappa shape index (κ2) is 7.86. The predicted molar refractivity (Wildman–Crippen MR) is 93.5 cm³/mol. The maximum absolute atomic E-state index is 12.9. The molecule has 1 atom stereocenters. The molecule has 0 aliphatic carbocycles. The first-order valence-corrected chi connectivity index (χ1v) is 8.24. The van der Waals surface area contributed by atoms with E-state index in [1.807, 2.05) is 30.7 Å². The molecule has 1 amide bonds. The van der Waals surface area contributed by atoms with Crippen molar-refractivity contribution in [2.24, 2.45) is 0 Å². The van der Waals surface area contributed by atoms with E-state index in [0.717, 1.165) is 11.4 Å². The van der Waals surface area contributed by atoms with Crippen LogP contribution in [0.3, 0.4) is 0 Å². The fourth-order valence-corrected chi connectivity index (χ4v) is 2.69. The van der Waals surface area contributed by atoms with Crippen LogP contribution < -0.4 is 10.1 Å². The number of ether oxygens (including phenoxy) is 1. The lowest BCUT2D eigenvalue weighted by atomic mass is 10.2. The molecule has 0 saturated heterocycles. The largest absolute Gasteiger partial charge is 0.484 e. The lowest BCUT2D eigenvalue weighted by molar-refractivity contribution is -0.123. The SMILES string of the molecule is Cc1cc(C)n(C(CNC(=O)COc2ccc(F)cc2)c2ccco2)n1. The van der Waals surface area contributed by atoms with Gasteiger partial charge in [-0.3, -0.25) is 9.48 Å². The third-order valence-electron chi connectivity index (χ3n) is 3.89. The van der Waals surface area contributed by atoms with Crippen molar-refractivity contribution < 1.29 is 18.3 Å². The van der Waals surface area contributed by atoms with Gasteiger partial charge in [-0.25, -0.2) is 4.39 Å². The molecular weight excluding hydrogens is 337 g/mol. The molecule has 0 aliphatic heterocycles. The van der Waals surface area contributed by atoms with Crippen LogP contribution in [0, 0.1) is 19.7 Å². The fraction of sp³-hybridized carbons (Fsp3) is 0.263. The number of hydrogen-bond donors (Lipinski definition) is 1. The van der Waals surface area contributed by atoms with Crippen molar-refractivity contribution in [3.05, 3.63) is 71.7 Å². The van der Waals surface area contributed by atoms with Crippen molar-refractivity contribution >= 4 is 5.91 Å². The van der Waals surface area contributed by atoms with Crippen molar-refractivity contribution in [2.45, 2.75) is 19.9 Å². The zero-order valence-corrected chi connectivity index (χ0v) is 14.6. The van der Waals surface area contributed by atoms with Gasteiger partial charge in [-0.1, -0.05) is 0 Å². The Hall–Kier alpha value is -3.09. The minimum atomic E-state index is -0.354. The Bertz CT molecular complexity index is 857. The molecule has 1 aromatic carbocycles. The highest BCUT2D eigenvalue weighted by Crippen LogP contribution is 2.20. The molecule has 0 spiro atoms. The van der Waals surface area contributed by atoms with Crippen molar-refractivity contribution in [1.29, 1.82) is 0 Å². The van der Waals surface area contributed by atoms with Crippen molar-refractivity contribution in [2.75, 3.05) is 13.2 Å². The zero-order chi connectivity index (χ0) is 18.5. The molecule has 0 fully saturated rings. The third-order valence-corrected chi connectivity index (χ3v) is 3.89. The van der Waals surface area contributed by atoms with E-state index in [4.69, 9.17) is 9.15 Å². The molecule has 3 rings (SSSR count). The summed E-state index contributed by atoms with van der Waals surface area (Å²) in [6.45, 7) is 4.02. The maximum Gasteiger partial charge on any atom is 0.258 e. The number of nitrogens with one attached hydrogen (secondary N) is 1. The summed E-state index contributed by atoms with van der Waals surface area (Å²) in [4.78, 5) is 12.1. The molecule has 0 radical (unpaired) electrons. The number of hydrogen-bond acceptors (Lipinski definition) is 4. The standard InChI is InChI=1S/C19H20FN3O3/c1-13-10-14(2)23(22-13)17(18-4-3-9-25-18)11-21-19(24)12-26-16-7-5-15(20)6-8-16/h3-10,17H,11-12H2,1-2H3,(H,21,24). The molecule has 6 nitrogen and oxygen atoms in total. The fourth-order valence-electron chi connectivity index (χ4n) is 2.69. The van der Waals surface area contributed by atoms with Gasteiger partial charge in [-0.15, -0.1) is 0 Å². The Kier molecular flexibility index (Phi) is 5.36. The van der Waals surface area contributed by atoms with Gasteiger partial charge in [0.25, 0.3) is 5.91 Å². The minimum absolute atomic E-state index is 0.159. The van der Waals surface area contributed by atoms with Crippen molar-refractivity contribution in [3.8, 4) is 5.75 Å². The second-order valence-electron chi connectivity index (χ2n) is 5.95.